The predicted octanol–water partition coefficient (Wildman–Crippen LogP) is 2.63. The van der Waals surface area contributed by atoms with Crippen molar-refractivity contribution in [2.45, 2.75) is 167 Å². The average molecular weight is 739 g/mol. The highest BCUT2D eigenvalue weighted by Crippen LogP contribution is 2.67. The van der Waals surface area contributed by atoms with Gasteiger partial charge in [-0.2, -0.15) is 0 Å². The highest BCUT2D eigenvalue weighted by molar-refractivity contribution is 5.87. The lowest BCUT2D eigenvalue weighted by Crippen LogP contribution is -2.61. The third kappa shape index (κ3) is 7.49. The second-order valence-electron chi connectivity index (χ2n) is 18.0. The van der Waals surface area contributed by atoms with Gasteiger partial charge in [-0.15, -0.1) is 0 Å². The molecule has 52 heavy (non-hydrogen) atoms. The Morgan fingerprint density at radius 1 is 0.923 bits per heavy atom. The van der Waals surface area contributed by atoms with Gasteiger partial charge in [0.1, 0.15) is 47.7 Å². The van der Waals surface area contributed by atoms with E-state index in [2.05, 4.69) is 13.8 Å². The first-order chi connectivity index (χ1) is 24.1. The molecule has 0 aromatic heterocycles. The molecule has 0 aromatic carbocycles. The van der Waals surface area contributed by atoms with E-state index in [9.17, 15) is 44.7 Å². The van der Waals surface area contributed by atoms with Crippen LogP contribution in [-0.2, 0) is 38.1 Å². The van der Waals surface area contributed by atoms with Crippen molar-refractivity contribution in [3.8, 4) is 0 Å². The number of aliphatic hydroxyl groups is 5. The number of hydrogen-bond acceptors (Lipinski definition) is 13. The van der Waals surface area contributed by atoms with Gasteiger partial charge in [0.2, 0.25) is 0 Å². The summed E-state index contributed by atoms with van der Waals surface area (Å²) in [5.41, 5.74) is -3.27. The summed E-state index contributed by atoms with van der Waals surface area (Å²) >= 11 is 0. The first kappa shape index (κ1) is 41.2. The molecule has 0 amide bonds. The maximum Gasteiger partial charge on any atom is 0.303 e. The van der Waals surface area contributed by atoms with E-state index in [1.165, 1.54) is 13.8 Å². The molecule has 13 nitrogen and oxygen atoms in total. The van der Waals surface area contributed by atoms with E-state index in [4.69, 9.17) is 18.9 Å². The van der Waals surface area contributed by atoms with Crippen LogP contribution >= 0.6 is 0 Å². The number of carbonyl (C=O) groups is 4. The fourth-order valence-electron chi connectivity index (χ4n) is 11.9. The van der Waals surface area contributed by atoms with Crippen molar-refractivity contribution in [3.63, 3.8) is 0 Å². The molecule has 13 heteroatoms. The number of Topliss-reactive ketones (excluding diaryl/α,β-unsaturated/α-hetero) is 2. The lowest BCUT2D eigenvalue weighted by atomic mass is 9.44. The van der Waals surface area contributed by atoms with Crippen molar-refractivity contribution in [3.05, 3.63) is 0 Å². The zero-order valence-corrected chi connectivity index (χ0v) is 32.1. The summed E-state index contributed by atoms with van der Waals surface area (Å²) in [5.74, 6) is -2.12. The van der Waals surface area contributed by atoms with Crippen molar-refractivity contribution < 1.29 is 63.7 Å². The molecule has 0 bridgehead atoms. The monoisotopic (exact) mass is 738 g/mol. The third-order valence-corrected chi connectivity index (χ3v) is 14.2. The van der Waals surface area contributed by atoms with Crippen molar-refractivity contribution in [2.75, 3.05) is 6.61 Å². The van der Waals surface area contributed by atoms with Crippen LogP contribution in [0.15, 0.2) is 0 Å². The molecule has 0 spiro atoms. The molecule has 5 aliphatic rings. The smallest absolute Gasteiger partial charge is 0.303 e. The van der Waals surface area contributed by atoms with Crippen molar-refractivity contribution in [2.24, 2.45) is 46.3 Å². The molecule has 5 fully saturated rings. The maximum absolute atomic E-state index is 14.1. The van der Waals surface area contributed by atoms with E-state index in [1.54, 1.807) is 27.7 Å². The first-order valence-corrected chi connectivity index (χ1v) is 19.2. The number of fused-ring (bicyclic) bond motifs is 5. The van der Waals surface area contributed by atoms with Crippen LogP contribution in [0.4, 0.5) is 0 Å². The average Bonchev–Trinajstić information content (AvgIpc) is 3.31. The minimum atomic E-state index is -1.55. The van der Waals surface area contributed by atoms with Gasteiger partial charge in [-0.05, 0) is 101 Å². The van der Waals surface area contributed by atoms with E-state index in [-0.39, 0.29) is 47.1 Å². The Kier molecular flexibility index (Phi) is 11.8. The van der Waals surface area contributed by atoms with Gasteiger partial charge in [0.25, 0.3) is 0 Å². The van der Waals surface area contributed by atoms with Crippen LogP contribution < -0.4 is 0 Å². The van der Waals surface area contributed by atoms with Crippen molar-refractivity contribution in [1.29, 1.82) is 0 Å². The largest absolute Gasteiger partial charge is 0.462 e. The van der Waals surface area contributed by atoms with Gasteiger partial charge in [-0.3, -0.25) is 19.2 Å². The number of rotatable bonds is 11. The van der Waals surface area contributed by atoms with Gasteiger partial charge in [-0.25, -0.2) is 0 Å². The molecule has 5 rings (SSSR count). The molecule has 16 atom stereocenters. The zero-order chi connectivity index (χ0) is 38.7. The van der Waals surface area contributed by atoms with Crippen LogP contribution in [0.5, 0.6) is 0 Å². The quantitative estimate of drug-likeness (QED) is 0.153. The summed E-state index contributed by atoms with van der Waals surface area (Å²) in [6.45, 7) is 13.3. The number of hydrogen-bond donors (Lipinski definition) is 5. The predicted molar refractivity (Wildman–Crippen MR) is 185 cm³/mol. The minimum absolute atomic E-state index is 0.00153. The molecule has 1 heterocycles. The highest BCUT2D eigenvalue weighted by Gasteiger charge is 2.66. The molecule has 4 saturated carbocycles. The zero-order valence-electron chi connectivity index (χ0n) is 32.1. The molecule has 0 unspecified atom stereocenters. The standard InChI is InChI=1S/C39H62O13/c1-19(49-20(2)41)24(36(4,5)52-21(3)42)11-14-39(8,48)34-29(44)17-26-23-16-28(43)27-15-22(9-12-37(27,6)25(23)10-13-38(26,34)7)50-35-33(47)32(46)31(45)30(18-40)51-35/h19,22-27,30-35,40,45-48H,9-18H2,1-8H3/t19-,22-,23+,24-,25-,26-,27+,30+,31+,32-,33+,34-,35-,37+,38-,39-/m0/s1. The minimum Gasteiger partial charge on any atom is -0.462 e. The van der Waals surface area contributed by atoms with E-state index >= 15 is 0 Å². The molecule has 0 radical (unpaired) electrons. The topological polar surface area (TPSA) is 206 Å². The molecular weight excluding hydrogens is 676 g/mol. The number of esters is 2. The van der Waals surface area contributed by atoms with Gasteiger partial charge >= 0.3 is 11.9 Å². The lowest BCUT2D eigenvalue weighted by molar-refractivity contribution is -0.315. The SMILES string of the molecule is CC(=O)O[C@@H](C)[C@H](CC[C@](C)(O)[C@H]1C(=O)C[C@H]2[C@@H]3CC(=O)[C@H]4C[C@@H](O[C@H]5O[C@H](CO)[C@@H](O)[C@H](O)[C@H]5O)CC[C@]4(C)[C@H]3CC[C@@]21C)C(C)(C)OC(C)=O. The Labute approximate surface area is 307 Å². The Bertz CT molecular complexity index is 1360. The Hall–Kier alpha value is -2.00. The van der Waals surface area contributed by atoms with E-state index in [1.807, 2.05) is 0 Å². The van der Waals surface area contributed by atoms with E-state index in [0.29, 0.717) is 38.5 Å². The first-order valence-electron chi connectivity index (χ1n) is 19.2. The number of aliphatic hydroxyl groups excluding tert-OH is 4. The molecular formula is C39H62O13. The van der Waals surface area contributed by atoms with Crippen LogP contribution in [0.3, 0.4) is 0 Å². The normalized spacial score (nSPS) is 43.0. The second kappa shape index (κ2) is 14.9. The summed E-state index contributed by atoms with van der Waals surface area (Å²) in [7, 11) is 0. The van der Waals surface area contributed by atoms with Crippen LogP contribution in [0, 0.1) is 46.3 Å². The fraction of sp³-hybridized carbons (Fsp3) is 0.897. The van der Waals surface area contributed by atoms with Crippen LogP contribution in [0.2, 0.25) is 0 Å². The van der Waals surface area contributed by atoms with E-state index < -0.39 is 89.9 Å². The van der Waals surface area contributed by atoms with Gasteiger partial charge in [0.15, 0.2) is 6.29 Å². The summed E-state index contributed by atoms with van der Waals surface area (Å²) in [6, 6.07) is 0. The summed E-state index contributed by atoms with van der Waals surface area (Å²) in [6.07, 6.45) is -3.52. The Balaban J connectivity index is 1.30. The van der Waals surface area contributed by atoms with Crippen LogP contribution in [0.25, 0.3) is 0 Å². The number of carbonyl (C=O) groups excluding carboxylic acids is 4. The number of ketones is 2. The molecule has 0 aromatic rings. The molecule has 4 aliphatic carbocycles. The number of ether oxygens (including phenoxy) is 4. The summed E-state index contributed by atoms with van der Waals surface area (Å²) in [4.78, 5) is 52.0. The van der Waals surface area contributed by atoms with Crippen LogP contribution in [-0.4, -0.2) is 110 Å². The van der Waals surface area contributed by atoms with Gasteiger partial charge in [-0.1, -0.05) is 13.8 Å². The van der Waals surface area contributed by atoms with E-state index in [0.717, 1.165) is 12.8 Å². The molecule has 1 saturated heterocycles. The third-order valence-electron chi connectivity index (χ3n) is 14.2. The van der Waals surface area contributed by atoms with Gasteiger partial charge in [0.05, 0.1) is 24.2 Å². The summed E-state index contributed by atoms with van der Waals surface area (Å²) in [5, 5.41) is 52.7. The Morgan fingerprint density at radius 2 is 1.58 bits per heavy atom. The summed E-state index contributed by atoms with van der Waals surface area (Å²) < 4.78 is 22.9. The highest BCUT2D eigenvalue weighted by atomic mass is 16.7. The second-order valence-corrected chi connectivity index (χ2v) is 18.0. The molecule has 296 valence electrons. The maximum atomic E-state index is 14.1. The van der Waals surface area contributed by atoms with Crippen molar-refractivity contribution in [1.82, 2.24) is 0 Å². The Morgan fingerprint density at radius 3 is 2.19 bits per heavy atom. The molecule has 5 N–H and O–H groups in total. The fourth-order valence-corrected chi connectivity index (χ4v) is 11.9. The van der Waals surface area contributed by atoms with Gasteiger partial charge in [0, 0.05) is 38.5 Å². The molecule has 1 aliphatic heterocycles. The lowest BCUT2D eigenvalue weighted by Gasteiger charge is -2.60. The van der Waals surface area contributed by atoms with Crippen LogP contribution in [0.1, 0.15) is 113 Å². The van der Waals surface area contributed by atoms with Gasteiger partial charge < -0.3 is 44.5 Å². The van der Waals surface area contributed by atoms with Crippen molar-refractivity contribution >= 4 is 23.5 Å².